The molecule has 0 unspecified atom stereocenters. The van der Waals surface area contributed by atoms with Crippen LogP contribution in [0.3, 0.4) is 0 Å². The fourth-order valence-corrected chi connectivity index (χ4v) is 7.36. The van der Waals surface area contributed by atoms with E-state index < -0.39 is 0 Å². The van der Waals surface area contributed by atoms with Gasteiger partial charge in [0, 0.05) is 0 Å². The molecule has 2 aliphatic rings. The van der Waals surface area contributed by atoms with Crippen molar-refractivity contribution in [3.05, 3.63) is 20.6 Å². The molecule has 0 aromatic rings. The van der Waals surface area contributed by atoms with E-state index in [2.05, 4.69) is 24.7 Å². The first-order chi connectivity index (χ1) is 5.22. The molecule has 2 aliphatic heterocycles. The first-order valence-corrected chi connectivity index (χ1v) is 6.67. The highest BCUT2D eigenvalue weighted by Crippen LogP contribution is 2.68. The Hall–Kier alpha value is 0.880. The summed E-state index contributed by atoms with van der Waals surface area (Å²) in [6.45, 7) is 4.42. The second-order valence-corrected chi connectivity index (χ2v) is 8.97. The first kappa shape index (κ1) is 8.48. The Morgan fingerprint density at radius 3 is 1.91 bits per heavy atom. The monoisotopic (exact) mass is 220 g/mol. The van der Waals surface area contributed by atoms with E-state index in [0.717, 1.165) is 0 Å². The lowest BCUT2D eigenvalue weighted by atomic mass is 10.6. The van der Waals surface area contributed by atoms with E-state index in [0.29, 0.717) is 2.74 Å². The van der Waals surface area contributed by atoms with Gasteiger partial charge in [-0.1, -0.05) is 47.0 Å². The van der Waals surface area contributed by atoms with Crippen LogP contribution in [-0.2, 0) is 0 Å². The zero-order chi connectivity index (χ0) is 7.90. The molecule has 2 rings (SSSR count). The largest absolute Gasteiger partial charge is 0.169 e. The molecule has 11 heavy (non-hydrogen) atoms. The highest BCUT2D eigenvalue weighted by Gasteiger charge is 2.40. The Kier molecular flexibility index (Phi) is 2.30. The molecule has 1 spiro atoms. The van der Waals surface area contributed by atoms with Crippen LogP contribution in [0.15, 0.2) is 20.6 Å². The lowest BCUT2D eigenvalue weighted by molar-refractivity contribution is 1.57. The van der Waals surface area contributed by atoms with Gasteiger partial charge in [-0.05, 0) is 34.5 Å². The van der Waals surface area contributed by atoms with Gasteiger partial charge in [-0.2, -0.15) is 0 Å². The van der Waals surface area contributed by atoms with E-state index in [-0.39, 0.29) is 0 Å². The van der Waals surface area contributed by atoms with Crippen LogP contribution >= 0.6 is 47.0 Å². The third kappa shape index (κ3) is 1.50. The lowest BCUT2D eigenvalue weighted by Gasteiger charge is -2.18. The van der Waals surface area contributed by atoms with Crippen molar-refractivity contribution in [1.29, 1.82) is 0 Å². The smallest absolute Gasteiger partial charge is 0.0929 e. The molecule has 0 radical (unpaired) electrons. The predicted molar refractivity (Wildman–Crippen MR) is 60.6 cm³/mol. The molecule has 0 amide bonds. The number of thioether (sulfide) groups is 4. The van der Waals surface area contributed by atoms with E-state index in [1.54, 1.807) is 0 Å². The van der Waals surface area contributed by atoms with Gasteiger partial charge < -0.3 is 0 Å². The van der Waals surface area contributed by atoms with Crippen LogP contribution in [0.5, 0.6) is 0 Å². The Balaban J connectivity index is 2.14. The summed E-state index contributed by atoms with van der Waals surface area (Å²) in [7, 11) is 0. The molecular formula is C7H8S4. The standard InChI is InChI=1S/C7H8S4/c1-5-6(2)11-7(10-5)8-3-4-9-7/h3-4H,1-2H3. The maximum absolute atomic E-state index is 2.21. The molecule has 0 nitrogen and oxygen atoms in total. The van der Waals surface area contributed by atoms with Crippen molar-refractivity contribution in [2.24, 2.45) is 0 Å². The van der Waals surface area contributed by atoms with Crippen LogP contribution in [0.4, 0.5) is 0 Å². The second-order valence-electron chi connectivity index (χ2n) is 2.32. The SMILES string of the molecule is CC1=C(C)SC2(SC=CS2)S1. The first-order valence-electron chi connectivity index (χ1n) is 3.28. The number of allylic oxidation sites excluding steroid dienone is 2. The van der Waals surface area contributed by atoms with Crippen LogP contribution < -0.4 is 0 Å². The summed E-state index contributed by atoms with van der Waals surface area (Å²) in [6, 6.07) is 0. The van der Waals surface area contributed by atoms with Gasteiger partial charge in [0.2, 0.25) is 0 Å². The maximum atomic E-state index is 2.21. The van der Waals surface area contributed by atoms with Gasteiger partial charge >= 0.3 is 0 Å². The topological polar surface area (TPSA) is 0 Å². The molecule has 0 aromatic heterocycles. The molecule has 0 aliphatic carbocycles. The highest BCUT2D eigenvalue weighted by atomic mass is 32.3. The van der Waals surface area contributed by atoms with Crippen LogP contribution in [-0.4, -0.2) is 2.74 Å². The van der Waals surface area contributed by atoms with Gasteiger partial charge in [-0.25, -0.2) is 0 Å². The van der Waals surface area contributed by atoms with Crippen molar-refractivity contribution >= 4 is 47.0 Å². The summed E-state index contributed by atoms with van der Waals surface area (Å²) in [5.74, 6) is 0. The third-order valence-electron chi connectivity index (χ3n) is 1.53. The van der Waals surface area contributed by atoms with Gasteiger partial charge in [0.25, 0.3) is 0 Å². The zero-order valence-electron chi connectivity index (χ0n) is 6.29. The Morgan fingerprint density at radius 2 is 1.45 bits per heavy atom. The molecule has 2 heterocycles. The van der Waals surface area contributed by atoms with Crippen molar-refractivity contribution < 1.29 is 0 Å². The van der Waals surface area contributed by atoms with Crippen molar-refractivity contribution in [3.8, 4) is 0 Å². The second kappa shape index (κ2) is 2.98. The number of rotatable bonds is 0. The van der Waals surface area contributed by atoms with Crippen molar-refractivity contribution in [3.63, 3.8) is 0 Å². The normalized spacial score (nSPS) is 27.5. The summed E-state index contributed by atoms with van der Waals surface area (Å²) in [6.07, 6.45) is 0. The van der Waals surface area contributed by atoms with E-state index in [1.165, 1.54) is 9.81 Å². The lowest BCUT2D eigenvalue weighted by Crippen LogP contribution is -1.98. The van der Waals surface area contributed by atoms with Gasteiger partial charge in [0.15, 0.2) is 2.74 Å². The summed E-state index contributed by atoms with van der Waals surface area (Å²) in [4.78, 5) is 2.97. The molecule has 0 aromatic carbocycles. The van der Waals surface area contributed by atoms with Crippen LogP contribution in [0.2, 0.25) is 0 Å². The van der Waals surface area contributed by atoms with E-state index in [4.69, 9.17) is 0 Å². The predicted octanol–water partition coefficient (Wildman–Crippen LogP) is 4.28. The maximum Gasteiger partial charge on any atom is 0.169 e. The molecule has 0 bridgehead atoms. The van der Waals surface area contributed by atoms with Gasteiger partial charge in [0.1, 0.15) is 0 Å². The molecule has 0 fully saturated rings. The van der Waals surface area contributed by atoms with Gasteiger partial charge in [-0.3, -0.25) is 0 Å². The molecule has 0 N–H and O–H groups in total. The number of hydrogen-bond acceptors (Lipinski definition) is 4. The minimum absolute atomic E-state index is 0.314. The quantitative estimate of drug-likeness (QED) is 0.597. The fraction of sp³-hybridized carbons (Fsp3) is 0.429. The Morgan fingerprint density at radius 1 is 1.00 bits per heavy atom. The van der Waals surface area contributed by atoms with Gasteiger partial charge in [-0.15, -0.1) is 0 Å². The summed E-state index contributed by atoms with van der Waals surface area (Å²) >= 11 is 7.83. The zero-order valence-corrected chi connectivity index (χ0v) is 9.55. The summed E-state index contributed by atoms with van der Waals surface area (Å²) < 4.78 is 0.314. The Labute approximate surface area is 84.0 Å². The minimum Gasteiger partial charge on any atom is -0.0929 e. The van der Waals surface area contributed by atoms with Crippen LogP contribution in [0.25, 0.3) is 0 Å². The minimum atomic E-state index is 0.314. The molecule has 0 saturated carbocycles. The third-order valence-corrected chi connectivity index (χ3v) is 7.91. The van der Waals surface area contributed by atoms with E-state index in [9.17, 15) is 0 Å². The molecule has 4 heteroatoms. The van der Waals surface area contributed by atoms with Crippen molar-refractivity contribution in [2.45, 2.75) is 16.6 Å². The van der Waals surface area contributed by atoms with Crippen LogP contribution in [0, 0.1) is 0 Å². The molecule has 0 atom stereocenters. The Bertz CT molecular complexity index is 217. The highest BCUT2D eigenvalue weighted by molar-refractivity contribution is 8.52. The molecular weight excluding hydrogens is 212 g/mol. The number of hydrogen-bond donors (Lipinski definition) is 0. The summed E-state index contributed by atoms with van der Waals surface area (Å²) in [5.41, 5.74) is 0. The van der Waals surface area contributed by atoms with E-state index >= 15 is 0 Å². The van der Waals surface area contributed by atoms with Crippen molar-refractivity contribution in [2.75, 3.05) is 0 Å². The van der Waals surface area contributed by atoms with Gasteiger partial charge in [0.05, 0.1) is 0 Å². The summed E-state index contributed by atoms with van der Waals surface area (Å²) in [5, 5.41) is 4.38. The fourth-order valence-electron chi connectivity index (χ4n) is 0.886. The average Bonchev–Trinajstić information content (AvgIpc) is 2.46. The average molecular weight is 220 g/mol. The van der Waals surface area contributed by atoms with Crippen molar-refractivity contribution in [1.82, 2.24) is 0 Å². The van der Waals surface area contributed by atoms with Crippen LogP contribution in [0.1, 0.15) is 13.8 Å². The molecule has 0 saturated heterocycles. The molecule has 60 valence electrons. The van der Waals surface area contributed by atoms with E-state index in [1.807, 2.05) is 47.0 Å².